The highest BCUT2D eigenvalue weighted by atomic mass is 16.4. The molecule has 7 heteroatoms. The Bertz CT molecular complexity index is 524. The number of nitrogens with one attached hydrogen (secondary N) is 3. The number of carboxylic acid groups (broad SMARTS) is 1. The molecule has 0 spiro atoms. The Morgan fingerprint density at radius 2 is 1.06 bits per heavy atom. The molecule has 0 aromatic rings. The minimum atomic E-state index is -1.15. The summed E-state index contributed by atoms with van der Waals surface area (Å²) in [6, 6.07) is 0. The Balaban J connectivity index is 3.26. The Labute approximate surface area is 201 Å². The van der Waals surface area contributed by atoms with Gasteiger partial charge in [0.05, 0.1) is 0 Å². The summed E-state index contributed by atoms with van der Waals surface area (Å²) >= 11 is 0. The van der Waals surface area contributed by atoms with E-state index < -0.39 is 11.9 Å². The van der Waals surface area contributed by atoms with Crippen LogP contribution >= 0.6 is 0 Å². The standard InChI is InChI=1S/C26H49N3O4/c1-2-3-4-5-6-7-8-9-10-11-12-13-14-15-16-17-24(30)28-22-20-27-21-23-29-25(31)18-19-26(32)33/h18-19,27H,2-17,20-23H2,1H3,(H,28,30)(H,29,31)(H,32,33)/b19-18+. The van der Waals surface area contributed by atoms with E-state index in [-0.39, 0.29) is 5.91 Å². The average molecular weight is 468 g/mol. The first-order valence-corrected chi connectivity index (χ1v) is 13.2. The van der Waals surface area contributed by atoms with Gasteiger partial charge in [-0.15, -0.1) is 0 Å². The van der Waals surface area contributed by atoms with Gasteiger partial charge in [0.15, 0.2) is 0 Å². The fraction of sp³-hybridized carbons (Fsp3) is 0.808. The van der Waals surface area contributed by atoms with Crippen molar-refractivity contribution >= 4 is 17.8 Å². The van der Waals surface area contributed by atoms with Gasteiger partial charge < -0.3 is 21.1 Å². The van der Waals surface area contributed by atoms with E-state index in [1.165, 1.54) is 83.5 Å². The second-order valence-electron chi connectivity index (χ2n) is 8.76. The molecule has 0 aromatic carbocycles. The van der Waals surface area contributed by atoms with Crippen LogP contribution in [0.1, 0.15) is 110 Å². The maximum Gasteiger partial charge on any atom is 0.328 e. The van der Waals surface area contributed by atoms with E-state index in [1.54, 1.807) is 0 Å². The SMILES string of the molecule is CCCCCCCCCCCCCCCCCC(=O)NCCNCCNC(=O)/C=C/C(=O)O. The number of carbonyl (C=O) groups is 3. The van der Waals surface area contributed by atoms with Crippen LogP contribution in [0.25, 0.3) is 0 Å². The first-order valence-electron chi connectivity index (χ1n) is 13.2. The van der Waals surface area contributed by atoms with Crippen LogP contribution in [0.2, 0.25) is 0 Å². The molecule has 2 amide bonds. The third-order valence-corrected chi connectivity index (χ3v) is 5.61. The monoisotopic (exact) mass is 467 g/mol. The van der Waals surface area contributed by atoms with Crippen LogP contribution in [0.5, 0.6) is 0 Å². The molecule has 0 saturated heterocycles. The first-order chi connectivity index (χ1) is 16.1. The third-order valence-electron chi connectivity index (χ3n) is 5.61. The number of carbonyl (C=O) groups excluding carboxylic acids is 2. The van der Waals surface area contributed by atoms with Crippen molar-refractivity contribution in [2.75, 3.05) is 26.2 Å². The molecule has 0 aromatic heterocycles. The van der Waals surface area contributed by atoms with Crippen LogP contribution in [0.4, 0.5) is 0 Å². The maximum absolute atomic E-state index is 11.8. The summed E-state index contributed by atoms with van der Waals surface area (Å²) in [7, 11) is 0. The predicted molar refractivity (Wildman–Crippen MR) is 135 cm³/mol. The Hall–Kier alpha value is -1.89. The maximum atomic E-state index is 11.8. The fourth-order valence-corrected chi connectivity index (χ4v) is 3.64. The Kier molecular flexibility index (Phi) is 23.3. The number of aliphatic carboxylic acids is 1. The lowest BCUT2D eigenvalue weighted by Gasteiger charge is -2.07. The third kappa shape index (κ3) is 26.2. The van der Waals surface area contributed by atoms with E-state index in [9.17, 15) is 14.4 Å². The summed E-state index contributed by atoms with van der Waals surface area (Å²) in [5.41, 5.74) is 0. The predicted octanol–water partition coefficient (Wildman–Crippen LogP) is 4.71. The molecule has 0 atom stereocenters. The molecule has 33 heavy (non-hydrogen) atoms. The zero-order valence-electron chi connectivity index (χ0n) is 21.0. The lowest BCUT2D eigenvalue weighted by molar-refractivity contribution is -0.131. The van der Waals surface area contributed by atoms with Crippen molar-refractivity contribution in [1.29, 1.82) is 0 Å². The zero-order chi connectivity index (χ0) is 24.4. The van der Waals surface area contributed by atoms with E-state index >= 15 is 0 Å². The van der Waals surface area contributed by atoms with E-state index in [4.69, 9.17) is 5.11 Å². The molecule has 0 unspecified atom stereocenters. The van der Waals surface area contributed by atoms with E-state index in [2.05, 4.69) is 22.9 Å². The van der Waals surface area contributed by atoms with Crippen LogP contribution in [-0.2, 0) is 14.4 Å². The van der Waals surface area contributed by atoms with Crippen molar-refractivity contribution in [3.05, 3.63) is 12.2 Å². The number of amides is 2. The van der Waals surface area contributed by atoms with Crippen LogP contribution in [0, 0.1) is 0 Å². The highest BCUT2D eigenvalue weighted by Gasteiger charge is 2.01. The van der Waals surface area contributed by atoms with Crippen molar-refractivity contribution in [3.8, 4) is 0 Å². The molecule has 0 fully saturated rings. The molecule has 0 saturated carbocycles. The summed E-state index contributed by atoms with van der Waals surface area (Å²) in [4.78, 5) is 33.4. The Morgan fingerprint density at radius 3 is 1.55 bits per heavy atom. The van der Waals surface area contributed by atoms with Crippen LogP contribution in [0.3, 0.4) is 0 Å². The number of carboxylic acids is 1. The van der Waals surface area contributed by atoms with Gasteiger partial charge >= 0.3 is 5.97 Å². The molecular formula is C26H49N3O4. The summed E-state index contributed by atoms with van der Waals surface area (Å²) in [5, 5.41) is 17.0. The van der Waals surface area contributed by atoms with Crippen LogP contribution in [-0.4, -0.2) is 49.1 Å². The van der Waals surface area contributed by atoms with Gasteiger partial charge in [0.25, 0.3) is 0 Å². The smallest absolute Gasteiger partial charge is 0.328 e. The van der Waals surface area contributed by atoms with Gasteiger partial charge in [0, 0.05) is 44.8 Å². The quantitative estimate of drug-likeness (QED) is 0.121. The molecule has 0 aliphatic carbocycles. The minimum absolute atomic E-state index is 0.0959. The normalized spacial score (nSPS) is 11.1. The first kappa shape index (κ1) is 31.1. The van der Waals surface area contributed by atoms with Gasteiger partial charge in [-0.25, -0.2) is 4.79 Å². The van der Waals surface area contributed by atoms with Gasteiger partial charge in [-0.05, 0) is 6.42 Å². The number of hydrogen-bond donors (Lipinski definition) is 4. The summed E-state index contributed by atoms with van der Waals surface area (Å²) in [5.74, 6) is -1.49. The number of rotatable bonds is 24. The van der Waals surface area contributed by atoms with Crippen molar-refractivity contribution in [2.24, 2.45) is 0 Å². The molecule has 4 N–H and O–H groups in total. The van der Waals surface area contributed by atoms with E-state index in [0.29, 0.717) is 32.6 Å². The molecule has 0 aliphatic heterocycles. The van der Waals surface area contributed by atoms with Crippen molar-refractivity contribution in [3.63, 3.8) is 0 Å². The molecule has 7 nitrogen and oxygen atoms in total. The Morgan fingerprint density at radius 1 is 0.606 bits per heavy atom. The molecule has 0 heterocycles. The molecule has 0 aliphatic rings. The fourth-order valence-electron chi connectivity index (χ4n) is 3.64. The van der Waals surface area contributed by atoms with Crippen LogP contribution in [0.15, 0.2) is 12.2 Å². The number of hydrogen-bond acceptors (Lipinski definition) is 4. The highest BCUT2D eigenvalue weighted by Crippen LogP contribution is 2.13. The van der Waals surface area contributed by atoms with Gasteiger partial charge in [0.2, 0.25) is 11.8 Å². The molecular weight excluding hydrogens is 418 g/mol. The lowest BCUT2D eigenvalue weighted by Crippen LogP contribution is -2.36. The second-order valence-corrected chi connectivity index (χ2v) is 8.76. The highest BCUT2D eigenvalue weighted by molar-refractivity contribution is 5.93. The van der Waals surface area contributed by atoms with E-state index in [1.807, 2.05) is 0 Å². The van der Waals surface area contributed by atoms with Crippen LogP contribution < -0.4 is 16.0 Å². The van der Waals surface area contributed by atoms with Crippen molar-refractivity contribution in [2.45, 2.75) is 110 Å². The summed E-state index contributed by atoms with van der Waals surface area (Å²) in [6.45, 7) is 4.41. The van der Waals surface area contributed by atoms with Gasteiger partial charge in [0.1, 0.15) is 0 Å². The lowest BCUT2D eigenvalue weighted by atomic mass is 10.0. The van der Waals surface area contributed by atoms with Crippen molar-refractivity contribution < 1.29 is 19.5 Å². The topological polar surface area (TPSA) is 108 Å². The van der Waals surface area contributed by atoms with E-state index in [0.717, 1.165) is 25.0 Å². The number of unbranched alkanes of at least 4 members (excludes halogenated alkanes) is 14. The molecule has 192 valence electrons. The minimum Gasteiger partial charge on any atom is -0.478 e. The second kappa shape index (κ2) is 24.7. The zero-order valence-corrected chi connectivity index (χ0v) is 21.0. The van der Waals surface area contributed by atoms with Gasteiger partial charge in [-0.1, -0.05) is 96.8 Å². The summed E-state index contributed by atoms with van der Waals surface area (Å²) in [6.07, 6.45) is 22.2. The largest absolute Gasteiger partial charge is 0.478 e. The van der Waals surface area contributed by atoms with Gasteiger partial charge in [-0.3, -0.25) is 9.59 Å². The molecule has 0 rings (SSSR count). The van der Waals surface area contributed by atoms with Gasteiger partial charge in [-0.2, -0.15) is 0 Å². The molecule has 0 bridgehead atoms. The van der Waals surface area contributed by atoms with Crippen molar-refractivity contribution in [1.82, 2.24) is 16.0 Å². The molecule has 0 radical (unpaired) electrons. The average Bonchev–Trinajstić information content (AvgIpc) is 2.79. The summed E-state index contributed by atoms with van der Waals surface area (Å²) < 4.78 is 0.